The van der Waals surface area contributed by atoms with Crippen molar-refractivity contribution in [2.45, 2.75) is 5.41 Å². The van der Waals surface area contributed by atoms with Gasteiger partial charge in [0.2, 0.25) is 5.95 Å². The molecule has 0 bridgehead atoms. The van der Waals surface area contributed by atoms with Crippen LogP contribution in [0, 0.1) is 0 Å². The third-order valence-corrected chi connectivity index (χ3v) is 8.95. The molecule has 5 aromatic carbocycles. The molecule has 8 aromatic rings. The zero-order valence-electron chi connectivity index (χ0n) is 24.2. The molecule has 1 aliphatic rings. The number of aromatic nitrogens is 5. The van der Waals surface area contributed by atoms with Gasteiger partial charge in [-0.1, -0.05) is 97.1 Å². The van der Waals surface area contributed by atoms with Crippen molar-refractivity contribution in [1.82, 2.24) is 24.5 Å². The number of benzene rings is 5. The summed E-state index contributed by atoms with van der Waals surface area (Å²) in [5.74, 6) is 0.565. The van der Waals surface area contributed by atoms with Gasteiger partial charge in [-0.3, -0.25) is 9.55 Å². The van der Waals surface area contributed by atoms with E-state index >= 15 is 0 Å². The molecule has 0 fully saturated rings. The smallest absolute Gasteiger partial charge is 0.237 e. The van der Waals surface area contributed by atoms with Crippen LogP contribution in [0.2, 0.25) is 0 Å². The van der Waals surface area contributed by atoms with Crippen LogP contribution in [0.4, 0.5) is 17.1 Å². The van der Waals surface area contributed by atoms with E-state index in [0.717, 1.165) is 39.0 Å². The zero-order valence-corrected chi connectivity index (χ0v) is 24.2. The lowest BCUT2D eigenvalue weighted by molar-refractivity contribution is 0.731. The van der Waals surface area contributed by atoms with Crippen LogP contribution in [0.1, 0.15) is 22.3 Å². The van der Waals surface area contributed by atoms with Crippen LogP contribution in [0.15, 0.2) is 158 Å². The average Bonchev–Trinajstić information content (AvgIpc) is 3.45. The fraction of sp³-hybridized carbons (Fsp3) is 0.0256. The lowest BCUT2D eigenvalue weighted by atomic mass is 9.62. The van der Waals surface area contributed by atoms with Crippen LogP contribution in [0.5, 0.6) is 0 Å². The van der Waals surface area contributed by atoms with E-state index in [-0.39, 0.29) is 0 Å². The zero-order chi connectivity index (χ0) is 29.8. The van der Waals surface area contributed by atoms with E-state index in [1.165, 1.54) is 34.9 Å². The molecule has 0 atom stereocenters. The van der Waals surface area contributed by atoms with E-state index in [0.29, 0.717) is 5.95 Å². The highest BCUT2D eigenvalue weighted by Gasteiger charge is 2.46. The Morgan fingerprint density at radius 3 is 1.76 bits per heavy atom. The quantitative estimate of drug-likeness (QED) is 0.209. The number of para-hydroxylation sites is 2. The molecule has 3 aromatic heterocycles. The van der Waals surface area contributed by atoms with Crippen LogP contribution < -0.4 is 4.90 Å². The monoisotopic (exact) mass is 578 g/mol. The Morgan fingerprint density at radius 1 is 0.511 bits per heavy atom. The molecule has 0 aliphatic carbocycles. The Hall–Kier alpha value is -6.14. The molecule has 6 heteroatoms. The summed E-state index contributed by atoms with van der Waals surface area (Å²) in [4.78, 5) is 20.2. The lowest BCUT2D eigenvalue weighted by Crippen LogP contribution is -2.37. The average molecular weight is 579 g/mol. The van der Waals surface area contributed by atoms with E-state index in [1.807, 2.05) is 12.3 Å². The van der Waals surface area contributed by atoms with E-state index in [9.17, 15) is 0 Å². The van der Waals surface area contributed by atoms with Gasteiger partial charge in [0.25, 0.3) is 0 Å². The number of rotatable bonds is 4. The highest BCUT2D eigenvalue weighted by molar-refractivity contribution is 6.08. The van der Waals surface area contributed by atoms with Crippen LogP contribution in [-0.4, -0.2) is 24.5 Å². The van der Waals surface area contributed by atoms with Crippen molar-refractivity contribution < 1.29 is 0 Å². The SMILES string of the molecule is c1ccc(C2(c3ccccc3)c3ccccc3N(c3ccc4c(c3)c3ncccc3n4-c3ncncn3)c3ccccc32)cc1. The number of hydrogen-bond donors (Lipinski definition) is 0. The number of hydrogen-bond acceptors (Lipinski definition) is 5. The first-order valence-corrected chi connectivity index (χ1v) is 15.0. The third-order valence-electron chi connectivity index (χ3n) is 8.95. The van der Waals surface area contributed by atoms with Crippen molar-refractivity contribution in [3.05, 3.63) is 181 Å². The first kappa shape index (κ1) is 25.4. The topological polar surface area (TPSA) is 59.7 Å². The Kier molecular flexibility index (Phi) is 5.62. The second-order valence-corrected chi connectivity index (χ2v) is 11.2. The molecule has 0 unspecified atom stereocenters. The summed E-state index contributed by atoms with van der Waals surface area (Å²) >= 11 is 0. The van der Waals surface area contributed by atoms with Crippen molar-refractivity contribution in [3.8, 4) is 5.95 Å². The second-order valence-electron chi connectivity index (χ2n) is 11.2. The summed E-state index contributed by atoms with van der Waals surface area (Å²) < 4.78 is 2.05. The standard InChI is InChI=1S/C39H26N6/c1-3-12-27(13-4-1)39(28-14-5-2-6-15-28)31-16-7-9-18-34(31)44(35-19-10-8-17-32(35)39)29-21-22-33-30(24-29)37-36(20-11-23-41-37)45(33)38-42-25-40-26-43-38/h1-26H. The van der Waals surface area contributed by atoms with Crippen molar-refractivity contribution in [2.75, 3.05) is 4.90 Å². The maximum atomic E-state index is 4.82. The van der Waals surface area contributed by atoms with Crippen LogP contribution in [0.25, 0.3) is 27.9 Å². The maximum absolute atomic E-state index is 4.82. The van der Waals surface area contributed by atoms with E-state index in [2.05, 4.69) is 158 Å². The van der Waals surface area contributed by atoms with Crippen LogP contribution in [-0.2, 0) is 5.41 Å². The van der Waals surface area contributed by atoms with Gasteiger partial charge in [-0.15, -0.1) is 0 Å². The third kappa shape index (κ3) is 3.63. The molecule has 4 heterocycles. The molecular formula is C39H26N6. The molecule has 6 nitrogen and oxygen atoms in total. The summed E-state index contributed by atoms with van der Waals surface area (Å²) in [5, 5.41) is 1.03. The fourth-order valence-corrected chi connectivity index (χ4v) is 7.22. The highest BCUT2D eigenvalue weighted by atomic mass is 15.2. The molecule has 0 N–H and O–H groups in total. The normalized spacial score (nSPS) is 13.5. The Balaban J connectivity index is 1.34. The summed E-state index contributed by atoms with van der Waals surface area (Å²) in [6.07, 6.45) is 4.89. The molecular weight excluding hydrogens is 552 g/mol. The van der Waals surface area contributed by atoms with Gasteiger partial charge in [-0.2, -0.15) is 0 Å². The van der Waals surface area contributed by atoms with Crippen molar-refractivity contribution in [1.29, 1.82) is 0 Å². The summed E-state index contributed by atoms with van der Waals surface area (Å²) in [5.41, 5.74) is 10.6. The van der Waals surface area contributed by atoms with Gasteiger partial charge < -0.3 is 4.90 Å². The Morgan fingerprint density at radius 2 is 1.11 bits per heavy atom. The number of nitrogens with zero attached hydrogens (tertiary/aromatic N) is 6. The predicted molar refractivity (Wildman–Crippen MR) is 179 cm³/mol. The van der Waals surface area contributed by atoms with E-state index in [4.69, 9.17) is 4.98 Å². The molecule has 0 spiro atoms. The number of pyridine rings is 1. The molecule has 212 valence electrons. The number of anilines is 3. The van der Waals surface area contributed by atoms with Crippen molar-refractivity contribution >= 4 is 39.0 Å². The minimum absolute atomic E-state index is 0.507. The summed E-state index contributed by atoms with van der Waals surface area (Å²) in [6, 6.07) is 50.0. The van der Waals surface area contributed by atoms with Gasteiger partial charge in [-0.25, -0.2) is 15.0 Å². The highest BCUT2D eigenvalue weighted by Crippen LogP contribution is 2.57. The largest absolute Gasteiger partial charge is 0.310 e. The first-order valence-electron chi connectivity index (χ1n) is 15.0. The lowest BCUT2D eigenvalue weighted by Gasteiger charge is -2.46. The van der Waals surface area contributed by atoms with Crippen molar-refractivity contribution in [2.24, 2.45) is 0 Å². The van der Waals surface area contributed by atoms with Gasteiger partial charge >= 0.3 is 0 Å². The van der Waals surface area contributed by atoms with Gasteiger partial charge in [-0.05, 0) is 64.7 Å². The molecule has 0 saturated heterocycles. The minimum Gasteiger partial charge on any atom is -0.310 e. The summed E-state index contributed by atoms with van der Waals surface area (Å²) in [6.45, 7) is 0. The molecule has 1 aliphatic heterocycles. The maximum Gasteiger partial charge on any atom is 0.237 e. The first-order chi connectivity index (χ1) is 22.4. The van der Waals surface area contributed by atoms with Gasteiger partial charge in [0, 0.05) is 17.3 Å². The van der Waals surface area contributed by atoms with Gasteiger partial charge in [0.05, 0.1) is 33.3 Å². The fourth-order valence-electron chi connectivity index (χ4n) is 7.22. The molecule has 0 radical (unpaired) electrons. The second kappa shape index (κ2) is 9.96. The summed E-state index contributed by atoms with van der Waals surface area (Å²) in [7, 11) is 0. The number of fused-ring (bicyclic) bond motifs is 5. The van der Waals surface area contributed by atoms with Crippen molar-refractivity contribution in [3.63, 3.8) is 0 Å². The molecule has 45 heavy (non-hydrogen) atoms. The Bertz CT molecular complexity index is 2240. The molecule has 9 rings (SSSR count). The van der Waals surface area contributed by atoms with Gasteiger partial charge in [0.1, 0.15) is 12.7 Å². The van der Waals surface area contributed by atoms with Crippen LogP contribution in [0.3, 0.4) is 0 Å². The van der Waals surface area contributed by atoms with Gasteiger partial charge in [0.15, 0.2) is 0 Å². The minimum atomic E-state index is -0.507. The predicted octanol–water partition coefficient (Wildman–Crippen LogP) is 8.53. The van der Waals surface area contributed by atoms with E-state index < -0.39 is 5.41 Å². The van der Waals surface area contributed by atoms with Crippen LogP contribution >= 0.6 is 0 Å². The Labute approximate surface area is 259 Å². The molecule has 0 saturated carbocycles. The van der Waals surface area contributed by atoms with E-state index in [1.54, 1.807) is 0 Å². The molecule has 0 amide bonds.